The Morgan fingerprint density at radius 1 is 1.30 bits per heavy atom. The number of likely N-dealkylation sites (N-methyl/N-ethyl adjacent to an activating group) is 1. The molecule has 0 spiro atoms. The molecule has 0 amide bonds. The predicted octanol–water partition coefficient (Wildman–Crippen LogP) is 4.06. The molecule has 0 fully saturated rings. The normalized spacial score (nSPS) is 12.6. The van der Waals surface area contributed by atoms with E-state index < -0.39 is 0 Å². The van der Waals surface area contributed by atoms with Crippen LogP contribution in [0.25, 0.3) is 0 Å². The minimum absolute atomic E-state index is 0.301. The highest BCUT2D eigenvalue weighted by molar-refractivity contribution is 9.11. The zero-order chi connectivity index (χ0) is 14.5. The second-order valence-corrected chi connectivity index (χ2v) is 7.31. The Balaban J connectivity index is 2.30. The van der Waals surface area contributed by atoms with Crippen LogP contribution in [0.4, 0.5) is 0 Å². The molecule has 5 heteroatoms. The molecule has 2 aromatic rings. The van der Waals surface area contributed by atoms with Crippen LogP contribution in [0.3, 0.4) is 0 Å². The Morgan fingerprint density at radius 2 is 2.10 bits per heavy atom. The van der Waals surface area contributed by atoms with Crippen molar-refractivity contribution in [2.75, 3.05) is 6.54 Å². The highest BCUT2D eigenvalue weighted by Gasteiger charge is 2.17. The van der Waals surface area contributed by atoms with E-state index in [1.807, 2.05) is 6.92 Å². The van der Waals surface area contributed by atoms with Crippen LogP contribution >= 0.6 is 27.3 Å². The first-order valence-corrected chi connectivity index (χ1v) is 8.55. The number of aryl methyl sites for hydroxylation is 2. The highest BCUT2D eigenvalue weighted by atomic mass is 79.9. The predicted molar refractivity (Wildman–Crippen MR) is 88.3 cm³/mol. The molecular weight excluding hydrogens is 334 g/mol. The van der Waals surface area contributed by atoms with Gasteiger partial charge < -0.3 is 5.32 Å². The summed E-state index contributed by atoms with van der Waals surface area (Å²) in [5, 5.41) is 12.1. The van der Waals surface area contributed by atoms with E-state index in [1.54, 1.807) is 11.3 Å². The van der Waals surface area contributed by atoms with E-state index in [-0.39, 0.29) is 0 Å². The van der Waals surface area contributed by atoms with Gasteiger partial charge in [0, 0.05) is 17.3 Å². The Hall–Kier alpha value is -0.780. The quantitative estimate of drug-likeness (QED) is 0.850. The standard InChI is InChI=1S/C15H20BrN3S/c1-4-13-12(8-10(3)18-19-13)14(17-5-2)9-11-6-7-15(16)20-11/h6-8,14,17H,4-5,9H2,1-3H3. The van der Waals surface area contributed by atoms with Crippen LogP contribution in [0.2, 0.25) is 0 Å². The van der Waals surface area contributed by atoms with Crippen molar-refractivity contribution >= 4 is 27.3 Å². The summed E-state index contributed by atoms with van der Waals surface area (Å²) in [4.78, 5) is 1.37. The molecule has 0 saturated carbocycles. The van der Waals surface area contributed by atoms with E-state index in [4.69, 9.17) is 0 Å². The van der Waals surface area contributed by atoms with Gasteiger partial charge in [0.2, 0.25) is 0 Å². The summed E-state index contributed by atoms with van der Waals surface area (Å²) < 4.78 is 1.18. The van der Waals surface area contributed by atoms with E-state index in [2.05, 4.69) is 63.5 Å². The van der Waals surface area contributed by atoms with E-state index >= 15 is 0 Å². The monoisotopic (exact) mass is 353 g/mol. The van der Waals surface area contributed by atoms with Crippen LogP contribution in [0.5, 0.6) is 0 Å². The number of nitrogens with one attached hydrogen (secondary N) is 1. The van der Waals surface area contributed by atoms with Crippen LogP contribution < -0.4 is 5.32 Å². The Morgan fingerprint density at radius 3 is 2.70 bits per heavy atom. The van der Waals surface area contributed by atoms with Crippen molar-refractivity contribution < 1.29 is 0 Å². The molecule has 0 radical (unpaired) electrons. The van der Waals surface area contributed by atoms with Gasteiger partial charge in [0.1, 0.15) is 0 Å². The van der Waals surface area contributed by atoms with Crippen molar-refractivity contribution in [3.63, 3.8) is 0 Å². The van der Waals surface area contributed by atoms with Crippen molar-refractivity contribution in [2.45, 2.75) is 39.7 Å². The average molecular weight is 354 g/mol. The summed E-state index contributed by atoms with van der Waals surface area (Å²) in [7, 11) is 0. The maximum Gasteiger partial charge on any atom is 0.0701 e. The number of thiophene rings is 1. The van der Waals surface area contributed by atoms with Gasteiger partial charge in [-0.05, 0) is 59.6 Å². The van der Waals surface area contributed by atoms with E-state index in [0.717, 1.165) is 30.8 Å². The van der Waals surface area contributed by atoms with Gasteiger partial charge in [0.05, 0.1) is 15.2 Å². The molecule has 2 aromatic heterocycles. The van der Waals surface area contributed by atoms with Gasteiger partial charge in [-0.3, -0.25) is 0 Å². The largest absolute Gasteiger partial charge is 0.310 e. The lowest BCUT2D eigenvalue weighted by atomic mass is 9.99. The van der Waals surface area contributed by atoms with Crippen molar-refractivity contribution in [3.8, 4) is 0 Å². The number of aromatic nitrogens is 2. The van der Waals surface area contributed by atoms with Gasteiger partial charge >= 0.3 is 0 Å². The summed E-state index contributed by atoms with van der Waals surface area (Å²) in [5.41, 5.74) is 3.36. The fraction of sp³-hybridized carbons (Fsp3) is 0.467. The van der Waals surface area contributed by atoms with Gasteiger partial charge in [-0.1, -0.05) is 13.8 Å². The van der Waals surface area contributed by atoms with Crippen molar-refractivity contribution in [2.24, 2.45) is 0 Å². The molecule has 0 bridgehead atoms. The average Bonchev–Trinajstić information content (AvgIpc) is 2.84. The topological polar surface area (TPSA) is 37.8 Å². The maximum atomic E-state index is 4.35. The van der Waals surface area contributed by atoms with Crippen LogP contribution in [0.15, 0.2) is 22.0 Å². The highest BCUT2D eigenvalue weighted by Crippen LogP contribution is 2.28. The van der Waals surface area contributed by atoms with Gasteiger partial charge in [0.15, 0.2) is 0 Å². The van der Waals surface area contributed by atoms with Gasteiger partial charge in [-0.25, -0.2) is 0 Å². The number of nitrogens with zero attached hydrogens (tertiary/aromatic N) is 2. The van der Waals surface area contributed by atoms with Crippen LogP contribution in [0.1, 0.15) is 41.7 Å². The Kier molecular flexibility index (Phi) is 5.69. The molecule has 1 atom stereocenters. The van der Waals surface area contributed by atoms with Crippen molar-refractivity contribution in [3.05, 3.63) is 43.8 Å². The van der Waals surface area contributed by atoms with E-state index in [1.165, 1.54) is 14.2 Å². The number of hydrogen-bond donors (Lipinski definition) is 1. The third-order valence-corrected chi connectivity index (χ3v) is 4.87. The molecule has 1 unspecified atom stereocenters. The summed E-state index contributed by atoms with van der Waals surface area (Å²) in [6.07, 6.45) is 1.90. The Labute approximate surface area is 133 Å². The molecule has 3 nitrogen and oxygen atoms in total. The fourth-order valence-corrected chi connectivity index (χ4v) is 3.84. The van der Waals surface area contributed by atoms with Crippen LogP contribution in [0, 0.1) is 6.92 Å². The molecule has 0 aliphatic rings. The first-order valence-electron chi connectivity index (χ1n) is 6.94. The molecule has 0 saturated heterocycles. The lowest BCUT2D eigenvalue weighted by Crippen LogP contribution is -2.24. The molecule has 2 rings (SSSR count). The second-order valence-electron chi connectivity index (χ2n) is 4.76. The van der Waals surface area contributed by atoms with Crippen molar-refractivity contribution in [1.82, 2.24) is 15.5 Å². The first kappa shape index (κ1) is 15.6. The molecular formula is C15H20BrN3S. The molecule has 2 heterocycles. The summed E-state index contributed by atoms with van der Waals surface area (Å²) in [6, 6.07) is 6.77. The zero-order valence-corrected chi connectivity index (χ0v) is 14.5. The lowest BCUT2D eigenvalue weighted by Gasteiger charge is -2.20. The third-order valence-electron chi connectivity index (χ3n) is 3.22. The zero-order valence-electron chi connectivity index (χ0n) is 12.1. The maximum absolute atomic E-state index is 4.35. The minimum Gasteiger partial charge on any atom is -0.310 e. The van der Waals surface area contributed by atoms with Crippen LogP contribution in [-0.4, -0.2) is 16.7 Å². The number of rotatable bonds is 6. The summed E-state index contributed by atoms with van der Waals surface area (Å²) >= 11 is 5.33. The Bertz CT molecular complexity index is 568. The van der Waals surface area contributed by atoms with E-state index in [0.29, 0.717) is 6.04 Å². The second kappa shape index (κ2) is 7.29. The molecule has 0 aromatic carbocycles. The summed E-state index contributed by atoms with van der Waals surface area (Å²) in [6.45, 7) is 7.22. The lowest BCUT2D eigenvalue weighted by molar-refractivity contribution is 0.543. The van der Waals surface area contributed by atoms with Gasteiger partial charge in [-0.2, -0.15) is 10.2 Å². The smallest absolute Gasteiger partial charge is 0.0701 e. The fourth-order valence-electron chi connectivity index (χ4n) is 2.31. The van der Waals surface area contributed by atoms with E-state index in [9.17, 15) is 0 Å². The molecule has 20 heavy (non-hydrogen) atoms. The SMILES string of the molecule is CCNC(Cc1ccc(Br)s1)c1cc(C)nnc1CC. The van der Waals surface area contributed by atoms with Crippen molar-refractivity contribution in [1.29, 1.82) is 0 Å². The van der Waals surface area contributed by atoms with Crippen LogP contribution in [-0.2, 0) is 12.8 Å². The van der Waals surface area contributed by atoms with Gasteiger partial charge in [-0.15, -0.1) is 11.3 Å². The molecule has 0 aliphatic heterocycles. The van der Waals surface area contributed by atoms with Gasteiger partial charge in [0.25, 0.3) is 0 Å². The molecule has 1 N–H and O–H groups in total. The minimum atomic E-state index is 0.301. The number of hydrogen-bond acceptors (Lipinski definition) is 4. The summed E-state index contributed by atoms with van der Waals surface area (Å²) in [5.74, 6) is 0. The third kappa shape index (κ3) is 3.87. The first-order chi connectivity index (χ1) is 9.63. The molecule has 0 aliphatic carbocycles. The molecule has 108 valence electrons. The number of halogens is 1.